The second-order valence-electron chi connectivity index (χ2n) is 5.91. The van der Waals surface area contributed by atoms with Crippen molar-refractivity contribution >= 4 is 10.8 Å². The summed E-state index contributed by atoms with van der Waals surface area (Å²) in [6.07, 6.45) is 5.18. The molecule has 1 unspecified atom stereocenters. The van der Waals surface area contributed by atoms with Gasteiger partial charge in [-0.25, -0.2) is 0 Å². The minimum Gasteiger partial charge on any atom is -0.323 e. The second kappa shape index (κ2) is 4.40. The minimum atomic E-state index is 0.158. The maximum atomic E-state index is 6.60. The monoisotopic (exact) mass is 239 g/mol. The summed E-state index contributed by atoms with van der Waals surface area (Å²) in [7, 11) is 0. The molecule has 1 nitrogen and oxygen atoms in total. The Morgan fingerprint density at radius 2 is 1.67 bits per heavy atom. The number of benzene rings is 2. The van der Waals surface area contributed by atoms with Gasteiger partial charge in [-0.05, 0) is 34.6 Å². The highest BCUT2D eigenvalue weighted by Gasteiger charge is 2.36. The fraction of sp³-hybridized carbons (Fsp3) is 0.412. The number of fused-ring (bicyclic) bond motifs is 1. The van der Waals surface area contributed by atoms with Gasteiger partial charge >= 0.3 is 0 Å². The first-order valence-electron chi connectivity index (χ1n) is 6.94. The van der Waals surface area contributed by atoms with Crippen LogP contribution in [0.4, 0.5) is 0 Å². The van der Waals surface area contributed by atoms with Gasteiger partial charge in [-0.2, -0.15) is 0 Å². The molecule has 0 amide bonds. The Labute approximate surface area is 109 Å². The number of hydrogen-bond acceptors (Lipinski definition) is 1. The number of nitrogens with two attached hydrogens (primary N) is 1. The lowest BCUT2D eigenvalue weighted by atomic mass is 9.77. The largest absolute Gasteiger partial charge is 0.323 e. The Morgan fingerprint density at radius 1 is 1.00 bits per heavy atom. The molecule has 1 aliphatic rings. The lowest BCUT2D eigenvalue weighted by Crippen LogP contribution is -2.29. The third-order valence-electron chi connectivity index (χ3n) is 4.66. The SMILES string of the molecule is CC1(C(N)c2cccc3ccccc23)CCCC1. The van der Waals surface area contributed by atoms with E-state index in [0.717, 1.165) is 0 Å². The smallest absolute Gasteiger partial charge is 0.0355 e. The Hall–Kier alpha value is -1.34. The van der Waals surface area contributed by atoms with Crippen LogP contribution in [0.5, 0.6) is 0 Å². The van der Waals surface area contributed by atoms with Gasteiger partial charge in [0.25, 0.3) is 0 Å². The van der Waals surface area contributed by atoms with Gasteiger partial charge in [-0.3, -0.25) is 0 Å². The van der Waals surface area contributed by atoms with E-state index in [1.807, 2.05) is 0 Å². The van der Waals surface area contributed by atoms with E-state index in [4.69, 9.17) is 5.73 Å². The summed E-state index contributed by atoms with van der Waals surface area (Å²) in [6.45, 7) is 2.35. The van der Waals surface area contributed by atoms with Crippen LogP contribution in [0.1, 0.15) is 44.2 Å². The van der Waals surface area contributed by atoms with Crippen LogP contribution in [0, 0.1) is 5.41 Å². The fourth-order valence-corrected chi connectivity index (χ4v) is 3.39. The maximum absolute atomic E-state index is 6.60. The predicted octanol–water partition coefficient (Wildman–Crippen LogP) is 4.42. The maximum Gasteiger partial charge on any atom is 0.0355 e. The first kappa shape index (κ1) is 11.7. The number of hydrogen-bond donors (Lipinski definition) is 1. The Bertz CT molecular complexity index is 547. The zero-order valence-electron chi connectivity index (χ0n) is 11.0. The van der Waals surface area contributed by atoms with Crippen molar-refractivity contribution in [2.75, 3.05) is 0 Å². The molecular formula is C17H21N. The molecule has 0 aliphatic heterocycles. The summed E-state index contributed by atoms with van der Waals surface area (Å²) >= 11 is 0. The fourth-order valence-electron chi connectivity index (χ4n) is 3.39. The number of rotatable bonds is 2. The van der Waals surface area contributed by atoms with Crippen molar-refractivity contribution in [2.24, 2.45) is 11.1 Å². The Balaban J connectivity index is 2.08. The molecule has 0 saturated heterocycles. The van der Waals surface area contributed by atoms with Crippen molar-refractivity contribution in [3.63, 3.8) is 0 Å². The molecule has 1 heteroatoms. The molecule has 1 fully saturated rings. The van der Waals surface area contributed by atoms with Crippen LogP contribution in [0.2, 0.25) is 0 Å². The molecule has 94 valence electrons. The molecule has 0 bridgehead atoms. The van der Waals surface area contributed by atoms with E-state index in [1.165, 1.54) is 42.0 Å². The summed E-state index contributed by atoms with van der Waals surface area (Å²) in [4.78, 5) is 0. The minimum absolute atomic E-state index is 0.158. The topological polar surface area (TPSA) is 26.0 Å². The van der Waals surface area contributed by atoms with E-state index < -0.39 is 0 Å². The molecule has 2 aromatic carbocycles. The van der Waals surface area contributed by atoms with E-state index in [-0.39, 0.29) is 11.5 Å². The van der Waals surface area contributed by atoms with Gasteiger partial charge < -0.3 is 5.73 Å². The van der Waals surface area contributed by atoms with Crippen molar-refractivity contribution in [2.45, 2.75) is 38.6 Å². The van der Waals surface area contributed by atoms with Crippen LogP contribution in [0.3, 0.4) is 0 Å². The highest BCUT2D eigenvalue weighted by molar-refractivity contribution is 5.86. The normalized spacial score (nSPS) is 20.1. The average molecular weight is 239 g/mol. The van der Waals surface area contributed by atoms with E-state index in [2.05, 4.69) is 49.4 Å². The van der Waals surface area contributed by atoms with Gasteiger partial charge in [0.15, 0.2) is 0 Å². The molecule has 2 N–H and O–H groups in total. The van der Waals surface area contributed by atoms with Crippen molar-refractivity contribution in [1.29, 1.82) is 0 Å². The highest BCUT2D eigenvalue weighted by atomic mass is 14.7. The molecule has 18 heavy (non-hydrogen) atoms. The van der Waals surface area contributed by atoms with Crippen LogP contribution < -0.4 is 5.73 Å². The molecule has 1 saturated carbocycles. The first-order valence-corrected chi connectivity index (χ1v) is 6.94. The summed E-state index contributed by atoms with van der Waals surface area (Å²) in [5, 5.41) is 2.62. The van der Waals surface area contributed by atoms with Gasteiger partial charge in [0.2, 0.25) is 0 Å². The predicted molar refractivity (Wildman–Crippen MR) is 77.5 cm³/mol. The standard InChI is InChI=1S/C17H21N/c1-17(11-4-5-12-17)16(18)15-10-6-8-13-7-2-3-9-14(13)15/h2-3,6-10,16H,4-5,11-12,18H2,1H3. The lowest BCUT2D eigenvalue weighted by molar-refractivity contribution is 0.267. The molecule has 0 spiro atoms. The quantitative estimate of drug-likeness (QED) is 0.824. The summed E-state index contributed by atoms with van der Waals surface area (Å²) in [5.41, 5.74) is 8.20. The summed E-state index contributed by atoms with van der Waals surface area (Å²) in [6, 6.07) is 15.2. The van der Waals surface area contributed by atoms with Crippen molar-refractivity contribution in [3.8, 4) is 0 Å². The van der Waals surface area contributed by atoms with Crippen LogP contribution in [-0.2, 0) is 0 Å². The Kier molecular flexibility index (Phi) is 2.87. The highest BCUT2D eigenvalue weighted by Crippen LogP contribution is 2.47. The van der Waals surface area contributed by atoms with Crippen LogP contribution in [-0.4, -0.2) is 0 Å². The third-order valence-corrected chi connectivity index (χ3v) is 4.66. The van der Waals surface area contributed by atoms with Gasteiger partial charge in [0.05, 0.1) is 0 Å². The Morgan fingerprint density at radius 3 is 2.44 bits per heavy atom. The van der Waals surface area contributed by atoms with Crippen molar-refractivity contribution in [3.05, 3.63) is 48.0 Å². The zero-order valence-corrected chi connectivity index (χ0v) is 11.0. The van der Waals surface area contributed by atoms with Crippen molar-refractivity contribution < 1.29 is 0 Å². The van der Waals surface area contributed by atoms with Gasteiger partial charge in [0.1, 0.15) is 0 Å². The molecular weight excluding hydrogens is 218 g/mol. The van der Waals surface area contributed by atoms with E-state index in [1.54, 1.807) is 0 Å². The van der Waals surface area contributed by atoms with Crippen LogP contribution >= 0.6 is 0 Å². The van der Waals surface area contributed by atoms with Gasteiger partial charge in [-0.15, -0.1) is 0 Å². The van der Waals surface area contributed by atoms with Crippen LogP contribution in [0.15, 0.2) is 42.5 Å². The zero-order chi connectivity index (χ0) is 12.6. The van der Waals surface area contributed by atoms with Gasteiger partial charge in [-0.1, -0.05) is 62.2 Å². The lowest BCUT2D eigenvalue weighted by Gasteiger charge is -2.32. The molecule has 1 atom stereocenters. The third kappa shape index (κ3) is 1.83. The molecule has 1 aliphatic carbocycles. The van der Waals surface area contributed by atoms with Crippen LogP contribution in [0.25, 0.3) is 10.8 Å². The summed E-state index contributed by atoms with van der Waals surface area (Å²) < 4.78 is 0. The van der Waals surface area contributed by atoms with Gasteiger partial charge in [0, 0.05) is 6.04 Å². The summed E-state index contributed by atoms with van der Waals surface area (Å²) in [5.74, 6) is 0. The first-order chi connectivity index (χ1) is 8.71. The van der Waals surface area contributed by atoms with Crippen molar-refractivity contribution in [1.82, 2.24) is 0 Å². The molecule has 3 rings (SSSR count). The molecule has 2 aromatic rings. The molecule has 0 aromatic heterocycles. The van der Waals surface area contributed by atoms with E-state index in [0.29, 0.717) is 0 Å². The van der Waals surface area contributed by atoms with E-state index >= 15 is 0 Å². The average Bonchev–Trinajstić information content (AvgIpc) is 2.85. The molecule has 0 heterocycles. The second-order valence-corrected chi connectivity index (χ2v) is 5.91. The molecule has 0 radical (unpaired) electrons. The van der Waals surface area contributed by atoms with E-state index in [9.17, 15) is 0 Å².